The third kappa shape index (κ3) is 4.01. The highest BCUT2D eigenvalue weighted by Crippen LogP contribution is 2.31. The molecule has 2 heteroatoms. The molecule has 0 spiro atoms. The fraction of sp³-hybridized carbons (Fsp3) is 0.368. The summed E-state index contributed by atoms with van der Waals surface area (Å²) in [4.78, 5) is 0. The van der Waals surface area contributed by atoms with E-state index in [0.29, 0.717) is 5.92 Å². The van der Waals surface area contributed by atoms with Crippen LogP contribution >= 0.6 is 0 Å². The molecular formula is C19H24O2. The summed E-state index contributed by atoms with van der Waals surface area (Å²) >= 11 is 0. The van der Waals surface area contributed by atoms with Crippen molar-refractivity contribution in [2.75, 3.05) is 14.2 Å². The van der Waals surface area contributed by atoms with Crippen molar-refractivity contribution in [1.82, 2.24) is 0 Å². The Bertz CT molecular complexity index is 481. The van der Waals surface area contributed by atoms with Crippen LogP contribution in [0.5, 0.6) is 11.5 Å². The molecule has 0 amide bonds. The second kappa shape index (κ2) is 7.72. The Morgan fingerprint density at radius 1 is 0.762 bits per heavy atom. The van der Waals surface area contributed by atoms with Gasteiger partial charge >= 0.3 is 0 Å². The summed E-state index contributed by atoms with van der Waals surface area (Å²) in [6.07, 6.45) is 3.60. The Balaban J connectivity index is 2.26. The minimum atomic E-state index is 0.432. The molecular weight excluding hydrogens is 260 g/mol. The number of rotatable bonds is 7. The summed E-state index contributed by atoms with van der Waals surface area (Å²) in [5, 5.41) is 0. The van der Waals surface area contributed by atoms with Crippen molar-refractivity contribution >= 4 is 0 Å². The molecule has 0 bridgehead atoms. The Labute approximate surface area is 127 Å². The minimum absolute atomic E-state index is 0.432. The predicted octanol–water partition coefficient (Wildman–Crippen LogP) is 5.03. The molecule has 0 saturated carbocycles. The van der Waals surface area contributed by atoms with Crippen LogP contribution in [0.15, 0.2) is 48.5 Å². The van der Waals surface area contributed by atoms with Crippen LogP contribution < -0.4 is 9.47 Å². The van der Waals surface area contributed by atoms with Gasteiger partial charge in [-0.25, -0.2) is 0 Å². The molecule has 2 nitrogen and oxygen atoms in total. The maximum Gasteiger partial charge on any atom is 0.118 e. The van der Waals surface area contributed by atoms with Crippen LogP contribution in [-0.2, 0) is 0 Å². The molecule has 0 aliphatic heterocycles. The van der Waals surface area contributed by atoms with Crippen LogP contribution in [0.1, 0.15) is 43.2 Å². The van der Waals surface area contributed by atoms with E-state index < -0.39 is 0 Å². The third-order valence-corrected chi connectivity index (χ3v) is 3.88. The molecule has 0 aromatic heterocycles. The van der Waals surface area contributed by atoms with E-state index in [-0.39, 0.29) is 0 Å². The van der Waals surface area contributed by atoms with Gasteiger partial charge in [-0.1, -0.05) is 44.0 Å². The molecule has 0 fully saturated rings. The van der Waals surface area contributed by atoms with Gasteiger partial charge < -0.3 is 9.47 Å². The lowest BCUT2D eigenvalue weighted by molar-refractivity contribution is 0.414. The summed E-state index contributed by atoms with van der Waals surface area (Å²) in [5.74, 6) is 2.24. The maximum atomic E-state index is 5.25. The van der Waals surface area contributed by atoms with E-state index >= 15 is 0 Å². The van der Waals surface area contributed by atoms with Crippen molar-refractivity contribution in [3.05, 3.63) is 59.7 Å². The van der Waals surface area contributed by atoms with E-state index in [1.165, 1.54) is 24.0 Å². The first-order valence-electron chi connectivity index (χ1n) is 7.56. The maximum absolute atomic E-state index is 5.25. The SMILES string of the molecule is CCCCC(c1ccc(OC)cc1)c1ccc(OC)cc1. The minimum Gasteiger partial charge on any atom is -0.497 e. The first kappa shape index (κ1) is 15.4. The quantitative estimate of drug-likeness (QED) is 0.710. The average Bonchev–Trinajstić information content (AvgIpc) is 2.56. The zero-order valence-electron chi connectivity index (χ0n) is 13.1. The second-order valence-corrected chi connectivity index (χ2v) is 5.24. The fourth-order valence-corrected chi connectivity index (χ4v) is 2.61. The van der Waals surface area contributed by atoms with Gasteiger partial charge in [-0.05, 0) is 41.8 Å². The number of benzene rings is 2. The molecule has 0 aliphatic carbocycles. The van der Waals surface area contributed by atoms with Gasteiger partial charge in [-0.15, -0.1) is 0 Å². The lowest BCUT2D eigenvalue weighted by Crippen LogP contribution is -2.01. The van der Waals surface area contributed by atoms with Crippen molar-refractivity contribution in [2.45, 2.75) is 32.1 Å². The third-order valence-electron chi connectivity index (χ3n) is 3.88. The predicted molar refractivity (Wildman–Crippen MR) is 87.4 cm³/mol. The molecule has 0 heterocycles. The summed E-state index contributed by atoms with van der Waals surface area (Å²) in [7, 11) is 3.40. The van der Waals surface area contributed by atoms with Gasteiger partial charge in [0, 0.05) is 5.92 Å². The van der Waals surface area contributed by atoms with E-state index in [1.807, 2.05) is 24.3 Å². The lowest BCUT2D eigenvalue weighted by atomic mass is 9.87. The average molecular weight is 284 g/mol. The highest BCUT2D eigenvalue weighted by atomic mass is 16.5. The number of unbranched alkanes of at least 4 members (excludes halogenated alkanes) is 1. The van der Waals surface area contributed by atoms with Crippen LogP contribution in [0.2, 0.25) is 0 Å². The Hall–Kier alpha value is -1.96. The van der Waals surface area contributed by atoms with Crippen molar-refractivity contribution in [3.63, 3.8) is 0 Å². The van der Waals surface area contributed by atoms with E-state index in [0.717, 1.165) is 17.9 Å². The van der Waals surface area contributed by atoms with Gasteiger partial charge in [-0.2, -0.15) is 0 Å². The van der Waals surface area contributed by atoms with Crippen LogP contribution in [0.25, 0.3) is 0 Å². The largest absolute Gasteiger partial charge is 0.497 e. The standard InChI is InChI=1S/C19H24O2/c1-4-5-6-19(15-7-11-17(20-2)12-8-15)16-9-13-18(21-3)14-10-16/h7-14,19H,4-6H2,1-3H3. The van der Waals surface area contributed by atoms with E-state index in [9.17, 15) is 0 Å². The Kier molecular flexibility index (Phi) is 5.68. The van der Waals surface area contributed by atoms with Gasteiger partial charge in [0.25, 0.3) is 0 Å². The first-order chi connectivity index (χ1) is 10.3. The number of ether oxygens (including phenoxy) is 2. The molecule has 0 saturated heterocycles. The van der Waals surface area contributed by atoms with Gasteiger partial charge in [0.2, 0.25) is 0 Å². The highest BCUT2D eigenvalue weighted by molar-refractivity contribution is 5.38. The molecule has 0 N–H and O–H groups in total. The van der Waals surface area contributed by atoms with Crippen molar-refractivity contribution in [2.24, 2.45) is 0 Å². The van der Waals surface area contributed by atoms with Crippen LogP contribution in [0.4, 0.5) is 0 Å². The molecule has 112 valence electrons. The monoisotopic (exact) mass is 284 g/mol. The normalized spacial score (nSPS) is 10.7. The molecule has 2 rings (SSSR count). The second-order valence-electron chi connectivity index (χ2n) is 5.24. The fourth-order valence-electron chi connectivity index (χ4n) is 2.61. The van der Waals surface area contributed by atoms with Gasteiger partial charge in [0.15, 0.2) is 0 Å². The van der Waals surface area contributed by atoms with E-state index in [2.05, 4.69) is 31.2 Å². The molecule has 0 aliphatic rings. The summed E-state index contributed by atoms with van der Waals surface area (Å²) < 4.78 is 10.5. The first-order valence-corrected chi connectivity index (χ1v) is 7.56. The van der Waals surface area contributed by atoms with Crippen molar-refractivity contribution in [3.8, 4) is 11.5 Å². The number of hydrogen-bond donors (Lipinski definition) is 0. The van der Waals surface area contributed by atoms with Gasteiger partial charge in [0.05, 0.1) is 14.2 Å². The van der Waals surface area contributed by atoms with Gasteiger partial charge in [-0.3, -0.25) is 0 Å². The molecule has 21 heavy (non-hydrogen) atoms. The smallest absolute Gasteiger partial charge is 0.118 e. The Morgan fingerprint density at radius 3 is 1.52 bits per heavy atom. The zero-order chi connectivity index (χ0) is 15.1. The molecule has 2 aromatic carbocycles. The van der Waals surface area contributed by atoms with Crippen molar-refractivity contribution in [1.29, 1.82) is 0 Å². The van der Waals surface area contributed by atoms with Crippen LogP contribution in [0.3, 0.4) is 0 Å². The van der Waals surface area contributed by atoms with Crippen LogP contribution in [0, 0.1) is 0 Å². The molecule has 0 atom stereocenters. The summed E-state index contributed by atoms with van der Waals surface area (Å²) in [5.41, 5.74) is 2.68. The van der Waals surface area contributed by atoms with E-state index in [4.69, 9.17) is 9.47 Å². The summed E-state index contributed by atoms with van der Waals surface area (Å²) in [6.45, 7) is 2.24. The lowest BCUT2D eigenvalue weighted by Gasteiger charge is -2.18. The summed E-state index contributed by atoms with van der Waals surface area (Å²) in [6, 6.07) is 16.8. The molecule has 0 unspecified atom stereocenters. The molecule has 0 radical (unpaired) electrons. The van der Waals surface area contributed by atoms with Gasteiger partial charge in [0.1, 0.15) is 11.5 Å². The Morgan fingerprint density at radius 2 is 1.19 bits per heavy atom. The highest BCUT2D eigenvalue weighted by Gasteiger charge is 2.14. The zero-order valence-corrected chi connectivity index (χ0v) is 13.1. The number of hydrogen-bond acceptors (Lipinski definition) is 2. The topological polar surface area (TPSA) is 18.5 Å². The van der Waals surface area contributed by atoms with Crippen LogP contribution in [-0.4, -0.2) is 14.2 Å². The van der Waals surface area contributed by atoms with Crippen molar-refractivity contribution < 1.29 is 9.47 Å². The molecule has 2 aromatic rings. The number of methoxy groups -OCH3 is 2. The van der Waals surface area contributed by atoms with E-state index in [1.54, 1.807) is 14.2 Å².